The van der Waals surface area contributed by atoms with Gasteiger partial charge in [0.1, 0.15) is 11.5 Å². The first-order chi connectivity index (χ1) is 15.1. The van der Waals surface area contributed by atoms with Crippen molar-refractivity contribution in [3.8, 4) is 5.75 Å². The smallest absolute Gasteiger partial charge is 0.295 e. The van der Waals surface area contributed by atoms with Crippen LogP contribution in [-0.2, 0) is 16.0 Å². The van der Waals surface area contributed by atoms with Gasteiger partial charge in [-0.05, 0) is 29.7 Å². The van der Waals surface area contributed by atoms with Crippen LogP contribution in [0.4, 0.5) is 0 Å². The molecule has 5 nitrogen and oxygen atoms in total. The maximum atomic E-state index is 13.0. The molecule has 0 aliphatic carbocycles. The number of aliphatic hydroxyl groups excluding tert-OH is 1. The number of rotatable bonds is 6. The van der Waals surface area contributed by atoms with E-state index in [9.17, 15) is 14.7 Å². The van der Waals surface area contributed by atoms with Gasteiger partial charge in [-0.2, -0.15) is 0 Å². The van der Waals surface area contributed by atoms with E-state index in [2.05, 4.69) is 0 Å². The zero-order valence-electron chi connectivity index (χ0n) is 17.2. The highest BCUT2D eigenvalue weighted by Crippen LogP contribution is 2.39. The number of Topliss-reactive ketones (excluding diaryl/α,β-unsaturated/α-hetero) is 1. The molecule has 1 aliphatic heterocycles. The molecule has 0 spiro atoms. The topological polar surface area (TPSA) is 66.8 Å². The molecule has 0 radical (unpaired) electrons. The van der Waals surface area contributed by atoms with Crippen LogP contribution in [0.25, 0.3) is 5.76 Å². The molecule has 1 heterocycles. The molecule has 1 N–H and O–H groups in total. The van der Waals surface area contributed by atoms with Crippen molar-refractivity contribution < 1.29 is 19.4 Å². The first kappa shape index (κ1) is 20.4. The maximum absolute atomic E-state index is 13.0. The predicted octanol–water partition coefficient (Wildman–Crippen LogP) is 4.36. The van der Waals surface area contributed by atoms with E-state index in [0.29, 0.717) is 18.5 Å². The molecule has 31 heavy (non-hydrogen) atoms. The molecule has 156 valence electrons. The Labute approximate surface area is 181 Å². The molecule has 1 fully saturated rings. The van der Waals surface area contributed by atoms with Crippen molar-refractivity contribution in [2.45, 2.75) is 12.5 Å². The second-order valence-corrected chi connectivity index (χ2v) is 7.37. The number of methoxy groups -OCH3 is 1. The van der Waals surface area contributed by atoms with E-state index in [-0.39, 0.29) is 11.3 Å². The lowest BCUT2D eigenvalue weighted by atomic mass is 9.95. The SMILES string of the molecule is COc1ccc(CCN2C(=O)C(=O)/C(=C(\O)c3ccccc3)C2c2ccccc2)cc1. The van der Waals surface area contributed by atoms with E-state index in [1.54, 1.807) is 36.3 Å². The number of hydrogen-bond acceptors (Lipinski definition) is 4. The van der Waals surface area contributed by atoms with E-state index < -0.39 is 17.7 Å². The van der Waals surface area contributed by atoms with Crippen LogP contribution in [-0.4, -0.2) is 35.4 Å². The van der Waals surface area contributed by atoms with Crippen LogP contribution < -0.4 is 4.74 Å². The minimum atomic E-state index is -0.662. The van der Waals surface area contributed by atoms with Gasteiger partial charge in [-0.15, -0.1) is 0 Å². The second-order valence-electron chi connectivity index (χ2n) is 7.37. The Hall–Kier alpha value is -3.86. The van der Waals surface area contributed by atoms with Crippen molar-refractivity contribution in [1.29, 1.82) is 0 Å². The number of ether oxygens (including phenoxy) is 1. The van der Waals surface area contributed by atoms with Crippen molar-refractivity contribution in [3.63, 3.8) is 0 Å². The minimum absolute atomic E-state index is 0.122. The summed E-state index contributed by atoms with van der Waals surface area (Å²) in [6.45, 7) is 0.349. The third-order valence-corrected chi connectivity index (χ3v) is 5.50. The number of benzene rings is 3. The van der Waals surface area contributed by atoms with Crippen LogP contribution in [0.2, 0.25) is 0 Å². The first-order valence-electron chi connectivity index (χ1n) is 10.1. The Morgan fingerprint density at radius 2 is 1.52 bits per heavy atom. The lowest BCUT2D eigenvalue weighted by molar-refractivity contribution is -0.139. The van der Waals surface area contributed by atoms with E-state index in [1.165, 1.54) is 0 Å². The average molecular weight is 413 g/mol. The summed E-state index contributed by atoms with van der Waals surface area (Å²) < 4.78 is 5.19. The van der Waals surface area contributed by atoms with Crippen LogP contribution in [0.15, 0.2) is 90.5 Å². The molecule has 0 saturated carbocycles. The summed E-state index contributed by atoms with van der Waals surface area (Å²) in [5.41, 5.74) is 2.44. The van der Waals surface area contributed by atoms with Crippen LogP contribution in [0.3, 0.4) is 0 Å². The van der Waals surface area contributed by atoms with Crippen molar-refractivity contribution >= 4 is 17.4 Å². The summed E-state index contributed by atoms with van der Waals surface area (Å²) in [7, 11) is 1.61. The molecule has 1 amide bonds. The van der Waals surface area contributed by atoms with Crippen molar-refractivity contribution in [2.24, 2.45) is 0 Å². The number of nitrogens with zero attached hydrogens (tertiary/aromatic N) is 1. The summed E-state index contributed by atoms with van der Waals surface area (Å²) >= 11 is 0. The van der Waals surface area contributed by atoms with Gasteiger partial charge in [-0.25, -0.2) is 0 Å². The molecule has 0 aromatic heterocycles. The van der Waals surface area contributed by atoms with Gasteiger partial charge in [0.15, 0.2) is 0 Å². The highest BCUT2D eigenvalue weighted by Gasteiger charge is 2.45. The largest absolute Gasteiger partial charge is 0.507 e. The van der Waals surface area contributed by atoms with E-state index in [1.807, 2.05) is 60.7 Å². The number of likely N-dealkylation sites (tertiary alicyclic amines) is 1. The second kappa shape index (κ2) is 8.88. The standard InChI is InChI=1S/C26H23NO4/c1-31-21-14-12-18(13-15-21)16-17-27-23(19-8-4-2-5-9-19)22(25(29)26(27)30)24(28)20-10-6-3-7-11-20/h2-15,23,28H,16-17H2,1H3/b24-22-. The van der Waals surface area contributed by atoms with Gasteiger partial charge in [0, 0.05) is 12.1 Å². The van der Waals surface area contributed by atoms with Gasteiger partial charge in [-0.1, -0.05) is 72.8 Å². The molecule has 5 heteroatoms. The number of aliphatic hydroxyl groups is 1. The molecule has 0 bridgehead atoms. The van der Waals surface area contributed by atoms with Crippen LogP contribution in [0, 0.1) is 0 Å². The number of hydrogen-bond donors (Lipinski definition) is 1. The monoisotopic (exact) mass is 413 g/mol. The van der Waals surface area contributed by atoms with Gasteiger partial charge in [0.25, 0.3) is 11.7 Å². The normalized spacial score (nSPS) is 17.7. The number of ketones is 1. The van der Waals surface area contributed by atoms with Crippen LogP contribution in [0.1, 0.15) is 22.7 Å². The fraction of sp³-hybridized carbons (Fsp3) is 0.154. The van der Waals surface area contributed by atoms with Crippen molar-refractivity contribution in [3.05, 3.63) is 107 Å². The molecule has 1 aliphatic rings. The van der Waals surface area contributed by atoms with Crippen LogP contribution in [0.5, 0.6) is 5.75 Å². The average Bonchev–Trinajstić information content (AvgIpc) is 3.08. The highest BCUT2D eigenvalue weighted by atomic mass is 16.5. The maximum Gasteiger partial charge on any atom is 0.295 e. The van der Waals surface area contributed by atoms with Crippen molar-refractivity contribution in [1.82, 2.24) is 4.90 Å². The summed E-state index contributed by atoms with van der Waals surface area (Å²) in [5, 5.41) is 11.0. The molecule has 1 saturated heterocycles. The first-order valence-corrected chi connectivity index (χ1v) is 10.1. The summed E-state index contributed by atoms with van der Waals surface area (Å²) in [5.74, 6) is -0.652. The number of amides is 1. The Balaban J connectivity index is 1.71. The zero-order valence-corrected chi connectivity index (χ0v) is 17.2. The molecule has 3 aromatic rings. The molecule has 1 atom stereocenters. The molecule has 1 unspecified atom stereocenters. The van der Waals surface area contributed by atoms with E-state index >= 15 is 0 Å². The Bertz CT molecular complexity index is 1110. The van der Waals surface area contributed by atoms with Gasteiger partial charge in [0.2, 0.25) is 0 Å². The van der Waals surface area contributed by atoms with Crippen LogP contribution >= 0.6 is 0 Å². The Morgan fingerprint density at radius 1 is 0.903 bits per heavy atom. The molecule has 4 rings (SSSR count). The van der Waals surface area contributed by atoms with Gasteiger partial charge in [0.05, 0.1) is 18.7 Å². The number of carbonyl (C=O) groups is 2. The fourth-order valence-electron chi connectivity index (χ4n) is 3.89. The van der Waals surface area contributed by atoms with Crippen molar-refractivity contribution in [2.75, 3.05) is 13.7 Å². The highest BCUT2D eigenvalue weighted by molar-refractivity contribution is 6.46. The predicted molar refractivity (Wildman–Crippen MR) is 119 cm³/mol. The lowest BCUT2D eigenvalue weighted by Crippen LogP contribution is -2.31. The minimum Gasteiger partial charge on any atom is -0.507 e. The van der Waals surface area contributed by atoms with E-state index in [4.69, 9.17) is 4.74 Å². The lowest BCUT2D eigenvalue weighted by Gasteiger charge is -2.25. The Kier molecular flexibility index (Phi) is 5.85. The molecular weight excluding hydrogens is 390 g/mol. The zero-order chi connectivity index (χ0) is 21.8. The molecule has 3 aromatic carbocycles. The summed E-state index contributed by atoms with van der Waals surface area (Å²) in [6, 6.07) is 25.2. The quantitative estimate of drug-likeness (QED) is 0.370. The fourth-order valence-corrected chi connectivity index (χ4v) is 3.89. The van der Waals surface area contributed by atoms with Gasteiger partial charge in [-0.3, -0.25) is 9.59 Å². The third-order valence-electron chi connectivity index (χ3n) is 5.50. The number of carbonyl (C=O) groups excluding carboxylic acids is 2. The van der Waals surface area contributed by atoms with Gasteiger partial charge >= 0.3 is 0 Å². The third kappa shape index (κ3) is 4.08. The van der Waals surface area contributed by atoms with E-state index in [0.717, 1.165) is 16.9 Å². The van der Waals surface area contributed by atoms with Gasteiger partial charge < -0.3 is 14.7 Å². The summed E-state index contributed by atoms with van der Waals surface area (Å²) in [4.78, 5) is 27.5. The summed E-state index contributed by atoms with van der Waals surface area (Å²) in [6.07, 6.45) is 0.575. The Morgan fingerprint density at radius 3 is 2.13 bits per heavy atom. The molecular formula is C26H23NO4.